The lowest BCUT2D eigenvalue weighted by Gasteiger charge is -2.12. The maximum Gasteiger partial charge on any atom is 0.164 e. The number of benzene rings is 10. The molecule has 0 aliphatic carbocycles. The van der Waals surface area contributed by atoms with Crippen molar-refractivity contribution in [2.24, 2.45) is 0 Å². The molecule has 5 nitrogen and oxygen atoms in total. The molecule has 0 atom stereocenters. The van der Waals surface area contributed by atoms with Crippen molar-refractivity contribution in [3.8, 4) is 67.8 Å². The first-order valence-corrected chi connectivity index (χ1v) is 22.3. The van der Waals surface area contributed by atoms with Crippen LogP contribution in [0.1, 0.15) is 0 Å². The lowest BCUT2D eigenvalue weighted by molar-refractivity contribution is 1.07. The molecular formula is C61H39N5. The summed E-state index contributed by atoms with van der Waals surface area (Å²) in [4.78, 5) is 15.4. The highest BCUT2D eigenvalue weighted by Gasteiger charge is 2.18. The van der Waals surface area contributed by atoms with Crippen LogP contribution in [0, 0.1) is 0 Å². The molecule has 0 spiro atoms. The molecule has 0 N–H and O–H groups in total. The van der Waals surface area contributed by atoms with E-state index in [1.807, 2.05) is 18.2 Å². The van der Waals surface area contributed by atoms with Gasteiger partial charge in [0.1, 0.15) is 0 Å². The molecule has 0 fully saturated rings. The average molecular weight is 842 g/mol. The van der Waals surface area contributed by atoms with Crippen molar-refractivity contribution in [2.75, 3.05) is 0 Å². The molecule has 3 aromatic heterocycles. The van der Waals surface area contributed by atoms with Crippen LogP contribution < -0.4 is 0 Å². The second-order valence-electron chi connectivity index (χ2n) is 16.8. The molecule has 0 bridgehead atoms. The summed E-state index contributed by atoms with van der Waals surface area (Å²) in [5.74, 6) is 1.88. The lowest BCUT2D eigenvalue weighted by Crippen LogP contribution is -2.01. The third-order valence-corrected chi connectivity index (χ3v) is 12.9. The van der Waals surface area contributed by atoms with Crippen LogP contribution in [-0.4, -0.2) is 24.1 Å². The van der Waals surface area contributed by atoms with Gasteiger partial charge in [0.05, 0.1) is 22.1 Å². The number of aromatic nitrogens is 5. The first-order chi connectivity index (χ1) is 32.7. The van der Waals surface area contributed by atoms with Crippen molar-refractivity contribution < 1.29 is 0 Å². The van der Waals surface area contributed by atoms with E-state index >= 15 is 0 Å². The summed E-state index contributed by atoms with van der Waals surface area (Å²) in [5, 5.41) is 7.21. The summed E-state index contributed by atoms with van der Waals surface area (Å²) in [5.41, 5.74) is 14.4. The first kappa shape index (κ1) is 37.6. The van der Waals surface area contributed by atoms with Gasteiger partial charge in [-0.3, -0.25) is 0 Å². The number of rotatable bonds is 7. The van der Waals surface area contributed by atoms with Crippen molar-refractivity contribution in [2.45, 2.75) is 0 Å². The third kappa shape index (κ3) is 6.28. The molecule has 308 valence electrons. The normalized spacial score (nSPS) is 11.6. The van der Waals surface area contributed by atoms with E-state index in [9.17, 15) is 0 Å². The summed E-state index contributed by atoms with van der Waals surface area (Å²) in [6.07, 6.45) is 0. The monoisotopic (exact) mass is 841 g/mol. The van der Waals surface area contributed by atoms with Crippen LogP contribution in [0.4, 0.5) is 0 Å². The van der Waals surface area contributed by atoms with Gasteiger partial charge in [-0.25, -0.2) is 15.0 Å². The number of para-hydroxylation sites is 4. The Labute approximate surface area is 381 Å². The maximum absolute atomic E-state index is 5.18. The van der Waals surface area contributed by atoms with E-state index in [2.05, 4.69) is 228 Å². The quantitative estimate of drug-likeness (QED) is 0.161. The lowest BCUT2D eigenvalue weighted by atomic mass is 9.94. The summed E-state index contributed by atoms with van der Waals surface area (Å²) in [7, 11) is 0. The van der Waals surface area contributed by atoms with Crippen molar-refractivity contribution in [1.82, 2.24) is 24.1 Å². The molecule has 0 amide bonds. The van der Waals surface area contributed by atoms with Gasteiger partial charge in [0.2, 0.25) is 0 Å². The SMILES string of the molecule is c1ccc(-c2nc(-c3cccc(-n4c5ccccc5c5ccccc54)c3)nc(-c3ccc4cc(-c5cccc(-c6cccc7c6c6ccccc6n7-c6ccccc6)c5)ccc4c3)n2)cc1. The van der Waals surface area contributed by atoms with Gasteiger partial charge < -0.3 is 9.13 Å². The Morgan fingerprint density at radius 2 is 0.697 bits per heavy atom. The Balaban J connectivity index is 0.880. The second-order valence-corrected chi connectivity index (χ2v) is 16.8. The zero-order valence-corrected chi connectivity index (χ0v) is 35.8. The van der Waals surface area contributed by atoms with Gasteiger partial charge in [0.25, 0.3) is 0 Å². The minimum Gasteiger partial charge on any atom is -0.309 e. The van der Waals surface area contributed by atoms with E-state index < -0.39 is 0 Å². The minimum atomic E-state index is 0.622. The first-order valence-electron chi connectivity index (χ1n) is 22.3. The van der Waals surface area contributed by atoms with E-state index in [1.165, 1.54) is 49.3 Å². The van der Waals surface area contributed by atoms with Gasteiger partial charge in [-0.2, -0.15) is 0 Å². The Morgan fingerprint density at radius 3 is 1.41 bits per heavy atom. The van der Waals surface area contributed by atoms with Crippen LogP contribution in [0.5, 0.6) is 0 Å². The predicted molar refractivity (Wildman–Crippen MR) is 273 cm³/mol. The fourth-order valence-electron chi connectivity index (χ4n) is 9.88. The van der Waals surface area contributed by atoms with Gasteiger partial charge in [-0.15, -0.1) is 0 Å². The molecule has 0 radical (unpaired) electrons. The topological polar surface area (TPSA) is 48.5 Å². The molecule has 3 heterocycles. The summed E-state index contributed by atoms with van der Waals surface area (Å²) in [6, 6.07) is 84.1. The molecular weight excluding hydrogens is 803 g/mol. The van der Waals surface area contributed by atoms with Crippen LogP contribution >= 0.6 is 0 Å². The number of fused-ring (bicyclic) bond motifs is 7. The molecule has 13 aromatic rings. The van der Waals surface area contributed by atoms with E-state index in [4.69, 9.17) is 15.0 Å². The van der Waals surface area contributed by atoms with Gasteiger partial charge in [-0.1, -0.05) is 170 Å². The third-order valence-electron chi connectivity index (χ3n) is 12.9. The largest absolute Gasteiger partial charge is 0.309 e. The maximum atomic E-state index is 5.18. The fourth-order valence-corrected chi connectivity index (χ4v) is 9.88. The number of hydrogen-bond acceptors (Lipinski definition) is 3. The average Bonchev–Trinajstić information content (AvgIpc) is 3.92. The van der Waals surface area contributed by atoms with Gasteiger partial charge >= 0.3 is 0 Å². The molecule has 66 heavy (non-hydrogen) atoms. The molecule has 0 aliphatic rings. The fraction of sp³-hybridized carbons (Fsp3) is 0. The molecule has 0 saturated carbocycles. The van der Waals surface area contributed by atoms with Crippen LogP contribution in [0.25, 0.3) is 122 Å². The van der Waals surface area contributed by atoms with Crippen LogP contribution in [0.3, 0.4) is 0 Å². The molecule has 0 unspecified atom stereocenters. The van der Waals surface area contributed by atoms with Crippen LogP contribution in [-0.2, 0) is 0 Å². The van der Waals surface area contributed by atoms with E-state index in [0.717, 1.165) is 55.4 Å². The predicted octanol–water partition coefficient (Wildman–Crippen LogP) is 15.6. The standard InChI is InChI=1S/C61H39N5/c1-3-16-40(17-4-1)59-62-60(46-20-14-23-49(39-46)66-54-28-10-7-24-51(54)52-25-8-11-29-55(52)66)64-61(63-59)47-35-34-43-36-42(32-33-44(43)38-47)41-18-13-19-45(37-41)50-27-15-31-57-58(50)53-26-9-12-30-56(53)65(57)48-21-5-2-6-22-48/h1-39H. The van der Waals surface area contributed by atoms with Crippen LogP contribution in [0.15, 0.2) is 237 Å². The highest BCUT2D eigenvalue weighted by Crippen LogP contribution is 2.40. The molecule has 0 aliphatic heterocycles. The van der Waals surface area contributed by atoms with Gasteiger partial charge in [0, 0.05) is 49.6 Å². The highest BCUT2D eigenvalue weighted by molar-refractivity contribution is 6.16. The van der Waals surface area contributed by atoms with Crippen molar-refractivity contribution in [1.29, 1.82) is 0 Å². The Bertz CT molecular complexity index is 3940. The molecule has 0 saturated heterocycles. The molecule has 13 rings (SSSR count). The van der Waals surface area contributed by atoms with Crippen molar-refractivity contribution in [3.63, 3.8) is 0 Å². The van der Waals surface area contributed by atoms with Gasteiger partial charge in [0.15, 0.2) is 17.5 Å². The molecule has 10 aromatic carbocycles. The minimum absolute atomic E-state index is 0.622. The number of hydrogen-bond donors (Lipinski definition) is 0. The van der Waals surface area contributed by atoms with Gasteiger partial charge in [-0.05, 0) is 99.8 Å². The smallest absolute Gasteiger partial charge is 0.164 e. The summed E-state index contributed by atoms with van der Waals surface area (Å²) >= 11 is 0. The van der Waals surface area contributed by atoms with Crippen LogP contribution in [0.2, 0.25) is 0 Å². The molecule has 5 heteroatoms. The zero-order chi connectivity index (χ0) is 43.6. The Hall–Kier alpha value is -8.93. The summed E-state index contributed by atoms with van der Waals surface area (Å²) in [6.45, 7) is 0. The van der Waals surface area contributed by atoms with E-state index in [1.54, 1.807) is 0 Å². The second kappa shape index (κ2) is 15.4. The van der Waals surface area contributed by atoms with E-state index in [-0.39, 0.29) is 0 Å². The Kier molecular flexibility index (Phi) is 8.78. The zero-order valence-electron chi connectivity index (χ0n) is 35.8. The highest BCUT2D eigenvalue weighted by atomic mass is 15.0. The number of nitrogens with zero attached hydrogens (tertiary/aromatic N) is 5. The summed E-state index contributed by atoms with van der Waals surface area (Å²) < 4.78 is 4.70. The van der Waals surface area contributed by atoms with E-state index in [0.29, 0.717) is 17.5 Å². The van der Waals surface area contributed by atoms with Crippen molar-refractivity contribution >= 4 is 54.4 Å². The Morgan fingerprint density at radius 1 is 0.258 bits per heavy atom. The van der Waals surface area contributed by atoms with Crippen molar-refractivity contribution in [3.05, 3.63) is 237 Å².